The van der Waals surface area contributed by atoms with Gasteiger partial charge in [0.15, 0.2) is 0 Å². The van der Waals surface area contributed by atoms with E-state index in [-0.39, 0.29) is 5.91 Å². The van der Waals surface area contributed by atoms with E-state index in [4.69, 9.17) is 4.74 Å². The first-order valence-electron chi connectivity index (χ1n) is 6.50. The van der Waals surface area contributed by atoms with Crippen LogP contribution in [-0.4, -0.2) is 48.8 Å². The van der Waals surface area contributed by atoms with Crippen LogP contribution < -0.4 is 10.6 Å². The Balaban J connectivity index is 1.58. The van der Waals surface area contributed by atoms with Crippen molar-refractivity contribution in [3.05, 3.63) is 0 Å². The Morgan fingerprint density at radius 3 is 3.00 bits per heavy atom. The van der Waals surface area contributed by atoms with Gasteiger partial charge in [-0.3, -0.25) is 4.79 Å². The first kappa shape index (κ1) is 13.2. The van der Waals surface area contributed by atoms with Crippen molar-refractivity contribution in [1.29, 1.82) is 0 Å². The zero-order valence-electron chi connectivity index (χ0n) is 10.4. The number of rotatable bonds is 5. The lowest BCUT2D eigenvalue weighted by molar-refractivity contribution is -0.124. The molecule has 1 heterocycles. The van der Waals surface area contributed by atoms with E-state index in [1.807, 2.05) is 18.7 Å². The Morgan fingerprint density at radius 1 is 1.53 bits per heavy atom. The summed E-state index contributed by atoms with van der Waals surface area (Å²) in [4.78, 5) is 11.8. The number of hydrogen-bond donors (Lipinski definition) is 2. The van der Waals surface area contributed by atoms with Crippen molar-refractivity contribution in [2.45, 2.75) is 44.4 Å². The molecule has 1 saturated carbocycles. The average molecular weight is 258 g/mol. The Bertz CT molecular complexity index is 251. The van der Waals surface area contributed by atoms with Gasteiger partial charge in [-0.25, -0.2) is 0 Å². The van der Waals surface area contributed by atoms with Crippen LogP contribution in [0.15, 0.2) is 0 Å². The van der Waals surface area contributed by atoms with E-state index in [9.17, 15) is 4.79 Å². The predicted octanol–water partition coefficient (Wildman–Crippen LogP) is 0.765. The largest absolute Gasteiger partial charge is 0.378 e. The summed E-state index contributed by atoms with van der Waals surface area (Å²) < 4.78 is 5.47. The molecule has 0 aromatic heterocycles. The number of thioether (sulfide) groups is 1. The molecule has 5 heteroatoms. The lowest BCUT2D eigenvalue weighted by Crippen LogP contribution is -2.49. The summed E-state index contributed by atoms with van der Waals surface area (Å²) in [6.07, 6.45) is 2.94. The van der Waals surface area contributed by atoms with Gasteiger partial charge in [-0.05, 0) is 19.8 Å². The Kier molecular flexibility index (Phi) is 5.13. The molecule has 1 amide bonds. The monoisotopic (exact) mass is 258 g/mol. The van der Waals surface area contributed by atoms with Gasteiger partial charge in [-0.2, -0.15) is 11.8 Å². The highest BCUT2D eigenvalue weighted by molar-refractivity contribution is 7.99. The summed E-state index contributed by atoms with van der Waals surface area (Å²) >= 11 is 1.93. The molecule has 4 nitrogen and oxygen atoms in total. The van der Waals surface area contributed by atoms with Crippen molar-refractivity contribution < 1.29 is 9.53 Å². The summed E-state index contributed by atoms with van der Waals surface area (Å²) in [6, 6.07) is 0.701. The van der Waals surface area contributed by atoms with E-state index in [1.54, 1.807) is 0 Å². The second-order valence-electron chi connectivity index (χ2n) is 4.74. The van der Waals surface area contributed by atoms with Gasteiger partial charge in [0.1, 0.15) is 0 Å². The SMILES string of the molecule is CCOC1CC(NC(=O)CC2CSCCN2)C1. The summed E-state index contributed by atoms with van der Waals surface area (Å²) in [5.74, 6) is 2.40. The molecular formula is C12H22N2O2S. The van der Waals surface area contributed by atoms with Gasteiger partial charge in [0.25, 0.3) is 0 Å². The van der Waals surface area contributed by atoms with Crippen molar-refractivity contribution in [2.24, 2.45) is 0 Å². The van der Waals surface area contributed by atoms with Crippen LogP contribution in [0.2, 0.25) is 0 Å². The molecule has 2 rings (SSSR count). The molecule has 2 N–H and O–H groups in total. The predicted molar refractivity (Wildman–Crippen MR) is 70.3 cm³/mol. The number of carbonyl (C=O) groups excluding carboxylic acids is 1. The molecule has 98 valence electrons. The van der Waals surface area contributed by atoms with Gasteiger partial charge in [-0.15, -0.1) is 0 Å². The fourth-order valence-corrected chi connectivity index (χ4v) is 3.27. The third-order valence-corrected chi connectivity index (χ3v) is 4.42. The Labute approximate surface area is 107 Å². The van der Waals surface area contributed by atoms with Gasteiger partial charge < -0.3 is 15.4 Å². The van der Waals surface area contributed by atoms with E-state index >= 15 is 0 Å². The summed E-state index contributed by atoms with van der Waals surface area (Å²) in [6.45, 7) is 3.81. The molecule has 1 aliphatic heterocycles. The number of ether oxygens (including phenoxy) is 1. The normalized spacial score (nSPS) is 32.9. The van der Waals surface area contributed by atoms with Crippen LogP contribution in [0.4, 0.5) is 0 Å². The van der Waals surface area contributed by atoms with Crippen molar-refractivity contribution >= 4 is 17.7 Å². The van der Waals surface area contributed by atoms with Gasteiger partial charge in [0, 0.05) is 43.2 Å². The highest BCUT2D eigenvalue weighted by Crippen LogP contribution is 2.23. The van der Waals surface area contributed by atoms with Gasteiger partial charge in [-0.1, -0.05) is 0 Å². The third kappa shape index (κ3) is 4.16. The molecule has 0 spiro atoms. The summed E-state index contributed by atoms with van der Waals surface area (Å²) in [7, 11) is 0. The smallest absolute Gasteiger partial charge is 0.221 e. The standard InChI is InChI=1S/C12H22N2O2S/c1-2-16-11-5-9(6-11)14-12(15)7-10-8-17-4-3-13-10/h9-11,13H,2-8H2,1H3,(H,14,15). The first-order valence-corrected chi connectivity index (χ1v) is 7.65. The van der Waals surface area contributed by atoms with Crippen molar-refractivity contribution in [3.63, 3.8) is 0 Å². The van der Waals surface area contributed by atoms with Gasteiger partial charge in [0.2, 0.25) is 5.91 Å². The number of carbonyl (C=O) groups is 1. The van der Waals surface area contributed by atoms with Crippen LogP contribution in [0.25, 0.3) is 0 Å². The molecule has 1 saturated heterocycles. The molecule has 2 fully saturated rings. The van der Waals surface area contributed by atoms with Gasteiger partial charge in [0.05, 0.1) is 6.10 Å². The zero-order valence-corrected chi connectivity index (χ0v) is 11.2. The molecule has 0 aromatic carbocycles. The van der Waals surface area contributed by atoms with Crippen molar-refractivity contribution in [3.8, 4) is 0 Å². The van der Waals surface area contributed by atoms with E-state index < -0.39 is 0 Å². The maximum absolute atomic E-state index is 11.8. The molecule has 17 heavy (non-hydrogen) atoms. The quantitative estimate of drug-likeness (QED) is 0.764. The molecule has 0 aromatic rings. The molecule has 1 atom stereocenters. The van der Waals surface area contributed by atoms with Crippen molar-refractivity contribution in [2.75, 3.05) is 24.7 Å². The minimum Gasteiger partial charge on any atom is -0.378 e. The Morgan fingerprint density at radius 2 is 2.35 bits per heavy atom. The fraction of sp³-hybridized carbons (Fsp3) is 0.917. The maximum Gasteiger partial charge on any atom is 0.221 e. The lowest BCUT2D eigenvalue weighted by atomic mass is 9.89. The van der Waals surface area contributed by atoms with Crippen molar-refractivity contribution in [1.82, 2.24) is 10.6 Å². The number of nitrogens with one attached hydrogen (secondary N) is 2. The highest BCUT2D eigenvalue weighted by atomic mass is 32.2. The summed E-state index contributed by atoms with van der Waals surface area (Å²) in [5, 5.41) is 6.47. The van der Waals surface area contributed by atoms with Crippen LogP contribution in [0.3, 0.4) is 0 Å². The molecule has 2 aliphatic rings. The molecular weight excluding hydrogens is 236 g/mol. The minimum atomic E-state index is 0.185. The van der Waals surface area contributed by atoms with E-state index in [0.717, 1.165) is 37.5 Å². The van der Waals surface area contributed by atoms with Gasteiger partial charge >= 0.3 is 0 Å². The highest BCUT2D eigenvalue weighted by Gasteiger charge is 2.31. The lowest BCUT2D eigenvalue weighted by Gasteiger charge is -2.35. The van der Waals surface area contributed by atoms with Crippen LogP contribution in [-0.2, 0) is 9.53 Å². The topological polar surface area (TPSA) is 50.4 Å². The zero-order chi connectivity index (χ0) is 12.1. The van der Waals surface area contributed by atoms with E-state index in [0.29, 0.717) is 24.6 Å². The second-order valence-corrected chi connectivity index (χ2v) is 5.89. The third-order valence-electron chi connectivity index (χ3n) is 3.29. The average Bonchev–Trinajstić information content (AvgIpc) is 2.27. The number of amides is 1. The second kappa shape index (κ2) is 6.61. The molecule has 1 unspecified atom stereocenters. The van der Waals surface area contributed by atoms with Crippen LogP contribution >= 0.6 is 11.8 Å². The van der Waals surface area contributed by atoms with E-state index in [2.05, 4.69) is 10.6 Å². The molecule has 1 aliphatic carbocycles. The summed E-state index contributed by atoms with van der Waals surface area (Å²) in [5.41, 5.74) is 0. The number of hydrogen-bond acceptors (Lipinski definition) is 4. The van der Waals surface area contributed by atoms with Crippen LogP contribution in [0, 0.1) is 0 Å². The fourth-order valence-electron chi connectivity index (χ4n) is 2.32. The maximum atomic E-state index is 11.8. The minimum absolute atomic E-state index is 0.185. The Hall–Kier alpha value is -0.260. The van der Waals surface area contributed by atoms with Crippen LogP contribution in [0.1, 0.15) is 26.2 Å². The molecule has 0 bridgehead atoms. The first-order chi connectivity index (χ1) is 8.28. The van der Waals surface area contributed by atoms with Crippen LogP contribution in [0.5, 0.6) is 0 Å². The van der Waals surface area contributed by atoms with E-state index in [1.165, 1.54) is 0 Å². The molecule has 0 radical (unpaired) electrons.